The quantitative estimate of drug-likeness (QED) is 0.442. The molecule has 3 saturated carbocycles. The van der Waals surface area contributed by atoms with Gasteiger partial charge in [0.05, 0.1) is 11.2 Å². The summed E-state index contributed by atoms with van der Waals surface area (Å²) in [5.41, 5.74) is 2.72. The van der Waals surface area contributed by atoms with Crippen molar-refractivity contribution in [2.45, 2.75) is 123 Å². The SMILES string of the molecule is CCC[C@@H]1CCC[C@H]2[C@H]1CC[C@H]1CC(c3ccc(B4OC(C)(C)C(C)(C)O4)cc3)CCC12C. The molecule has 5 rings (SSSR count). The summed E-state index contributed by atoms with van der Waals surface area (Å²) in [7, 11) is -0.253. The van der Waals surface area contributed by atoms with Gasteiger partial charge in [-0.3, -0.25) is 0 Å². The minimum atomic E-state index is -0.280. The fraction of sp³-hybridized carbons (Fsp3) is 0.800. The maximum atomic E-state index is 6.27. The van der Waals surface area contributed by atoms with E-state index in [-0.39, 0.29) is 18.3 Å². The van der Waals surface area contributed by atoms with E-state index in [1.165, 1.54) is 69.8 Å². The largest absolute Gasteiger partial charge is 0.494 e. The van der Waals surface area contributed by atoms with E-state index in [0.717, 1.165) is 35.1 Å². The van der Waals surface area contributed by atoms with Crippen molar-refractivity contribution < 1.29 is 9.31 Å². The Labute approximate surface area is 203 Å². The summed E-state index contributed by atoms with van der Waals surface area (Å²) >= 11 is 0. The fourth-order valence-corrected chi connectivity index (χ4v) is 8.30. The molecule has 3 aliphatic carbocycles. The lowest BCUT2D eigenvalue weighted by atomic mass is 9.47. The van der Waals surface area contributed by atoms with Crippen LogP contribution in [0.1, 0.15) is 117 Å². The van der Waals surface area contributed by atoms with Crippen molar-refractivity contribution >= 4 is 12.6 Å². The van der Waals surface area contributed by atoms with Crippen LogP contribution in [0.5, 0.6) is 0 Å². The second-order valence-corrected chi connectivity index (χ2v) is 13.3. The second kappa shape index (κ2) is 8.70. The molecule has 33 heavy (non-hydrogen) atoms. The van der Waals surface area contributed by atoms with E-state index in [4.69, 9.17) is 9.31 Å². The first kappa shape index (κ1) is 23.9. The Kier molecular flexibility index (Phi) is 6.31. The molecule has 0 spiro atoms. The monoisotopic (exact) mass is 450 g/mol. The summed E-state index contributed by atoms with van der Waals surface area (Å²) < 4.78 is 12.5. The molecule has 3 heteroatoms. The third kappa shape index (κ3) is 4.14. The second-order valence-electron chi connectivity index (χ2n) is 13.3. The molecule has 6 atom stereocenters. The van der Waals surface area contributed by atoms with Gasteiger partial charge < -0.3 is 9.31 Å². The van der Waals surface area contributed by atoms with Crippen LogP contribution in [0.15, 0.2) is 24.3 Å². The van der Waals surface area contributed by atoms with Gasteiger partial charge in [0, 0.05) is 0 Å². The smallest absolute Gasteiger partial charge is 0.399 e. The molecule has 4 fully saturated rings. The number of benzene rings is 1. The van der Waals surface area contributed by atoms with E-state index in [1.807, 2.05) is 0 Å². The van der Waals surface area contributed by atoms with Crippen LogP contribution >= 0.6 is 0 Å². The lowest BCUT2D eigenvalue weighted by Gasteiger charge is -2.58. The zero-order chi connectivity index (χ0) is 23.4. The minimum Gasteiger partial charge on any atom is -0.399 e. The maximum Gasteiger partial charge on any atom is 0.494 e. The molecule has 1 aliphatic heterocycles. The Morgan fingerprint density at radius 1 is 0.879 bits per heavy atom. The maximum absolute atomic E-state index is 6.27. The number of fused-ring (bicyclic) bond motifs is 3. The van der Waals surface area contributed by atoms with Crippen LogP contribution in [0.2, 0.25) is 0 Å². The van der Waals surface area contributed by atoms with Gasteiger partial charge in [-0.2, -0.15) is 0 Å². The van der Waals surface area contributed by atoms with Crippen molar-refractivity contribution in [2.24, 2.45) is 29.1 Å². The molecule has 0 amide bonds. The van der Waals surface area contributed by atoms with Crippen LogP contribution in [0, 0.1) is 29.1 Å². The molecular formula is C30H47BO2. The molecule has 0 aromatic heterocycles. The fourth-order valence-electron chi connectivity index (χ4n) is 8.30. The van der Waals surface area contributed by atoms with E-state index in [1.54, 1.807) is 0 Å². The van der Waals surface area contributed by atoms with Crippen molar-refractivity contribution in [1.29, 1.82) is 0 Å². The lowest BCUT2D eigenvalue weighted by Crippen LogP contribution is -2.49. The number of hydrogen-bond donors (Lipinski definition) is 0. The van der Waals surface area contributed by atoms with E-state index in [9.17, 15) is 0 Å². The molecular weight excluding hydrogens is 403 g/mol. The van der Waals surface area contributed by atoms with Gasteiger partial charge in [-0.05, 0) is 112 Å². The summed E-state index contributed by atoms with van der Waals surface area (Å²) in [5, 5.41) is 0. The van der Waals surface area contributed by atoms with E-state index < -0.39 is 0 Å². The average molecular weight is 451 g/mol. The molecule has 0 radical (unpaired) electrons. The summed E-state index contributed by atoms with van der Waals surface area (Å²) in [5.74, 6) is 4.68. The Bertz CT molecular complexity index is 812. The van der Waals surface area contributed by atoms with Crippen molar-refractivity contribution in [3.63, 3.8) is 0 Å². The predicted molar refractivity (Wildman–Crippen MR) is 139 cm³/mol. The molecule has 1 aromatic carbocycles. The predicted octanol–water partition coefficient (Wildman–Crippen LogP) is 7.50. The Hall–Kier alpha value is -0.795. The topological polar surface area (TPSA) is 18.5 Å². The molecule has 2 nitrogen and oxygen atoms in total. The highest BCUT2D eigenvalue weighted by atomic mass is 16.7. The van der Waals surface area contributed by atoms with Gasteiger partial charge >= 0.3 is 7.12 Å². The van der Waals surface area contributed by atoms with Gasteiger partial charge in [-0.15, -0.1) is 0 Å². The summed E-state index contributed by atoms with van der Waals surface area (Å²) in [6, 6.07) is 9.27. The molecule has 0 bridgehead atoms. The van der Waals surface area contributed by atoms with Gasteiger partial charge in [-0.1, -0.05) is 63.8 Å². The van der Waals surface area contributed by atoms with Gasteiger partial charge in [0.25, 0.3) is 0 Å². The first-order valence-electron chi connectivity index (χ1n) is 14.1. The van der Waals surface area contributed by atoms with Crippen LogP contribution in [-0.4, -0.2) is 18.3 Å². The molecule has 1 aromatic rings. The number of rotatable bonds is 4. The third-order valence-corrected chi connectivity index (χ3v) is 11.0. The zero-order valence-electron chi connectivity index (χ0n) is 22.2. The highest BCUT2D eigenvalue weighted by Crippen LogP contribution is 2.62. The van der Waals surface area contributed by atoms with Crippen molar-refractivity contribution in [3.8, 4) is 0 Å². The molecule has 4 aliphatic rings. The molecule has 1 saturated heterocycles. The van der Waals surface area contributed by atoms with Crippen LogP contribution in [0.4, 0.5) is 0 Å². The van der Waals surface area contributed by atoms with Crippen LogP contribution in [-0.2, 0) is 9.31 Å². The van der Waals surface area contributed by atoms with E-state index >= 15 is 0 Å². The van der Waals surface area contributed by atoms with Crippen LogP contribution < -0.4 is 5.46 Å². The zero-order valence-corrected chi connectivity index (χ0v) is 22.2. The van der Waals surface area contributed by atoms with Gasteiger partial charge in [0.1, 0.15) is 0 Å². The first-order valence-corrected chi connectivity index (χ1v) is 14.1. The Morgan fingerprint density at radius 3 is 2.24 bits per heavy atom. The molecule has 1 heterocycles. The van der Waals surface area contributed by atoms with Crippen LogP contribution in [0.25, 0.3) is 0 Å². The highest BCUT2D eigenvalue weighted by molar-refractivity contribution is 6.62. The molecule has 2 unspecified atom stereocenters. The van der Waals surface area contributed by atoms with Gasteiger partial charge in [-0.25, -0.2) is 0 Å². The Morgan fingerprint density at radius 2 is 1.58 bits per heavy atom. The summed E-state index contributed by atoms with van der Waals surface area (Å²) in [4.78, 5) is 0. The van der Waals surface area contributed by atoms with E-state index in [2.05, 4.69) is 65.8 Å². The number of hydrogen-bond acceptors (Lipinski definition) is 2. The van der Waals surface area contributed by atoms with Gasteiger partial charge in [0.15, 0.2) is 0 Å². The Balaban J connectivity index is 1.26. The summed E-state index contributed by atoms with van der Waals surface area (Å²) in [6.45, 7) is 13.6. The standard InChI is InChI=1S/C30H47BO2/c1-7-9-22-10-8-11-27-26(22)17-14-24-20-23(18-19-30(24,27)6)21-12-15-25(16-13-21)31-32-28(2,3)29(4,5)33-31/h12-13,15-16,22-24,26-27H,7-11,14,17-20H2,1-6H3/t22-,23?,24+,26+,27+,30?/m1/s1. The van der Waals surface area contributed by atoms with Crippen molar-refractivity contribution in [1.82, 2.24) is 0 Å². The highest BCUT2D eigenvalue weighted by Gasteiger charge is 2.53. The third-order valence-electron chi connectivity index (χ3n) is 11.0. The molecule has 0 N–H and O–H groups in total. The van der Waals surface area contributed by atoms with Crippen molar-refractivity contribution in [2.75, 3.05) is 0 Å². The first-order chi connectivity index (χ1) is 15.6. The van der Waals surface area contributed by atoms with Gasteiger partial charge in [0.2, 0.25) is 0 Å². The van der Waals surface area contributed by atoms with Crippen molar-refractivity contribution in [3.05, 3.63) is 29.8 Å². The summed E-state index contributed by atoms with van der Waals surface area (Å²) in [6.07, 6.45) is 14.5. The normalized spacial score (nSPS) is 39.7. The molecule has 182 valence electrons. The minimum absolute atomic E-state index is 0.253. The van der Waals surface area contributed by atoms with E-state index in [0.29, 0.717) is 5.41 Å². The lowest BCUT2D eigenvalue weighted by molar-refractivity contribution is -0.0793. The van der Waals surface area contributed by atoms with Crippen LogP contribution in [0.3, 0.4) is 0 Å². The average Bonchev–Trinajstić information content (AvgIpc) is 3.01.